The molecule has 126 valence electrons. The molecule has 2 unspecified atom stereocenters. The summed E-state index contributed by atoms with van der Waals surface area (Å²) in [6.45, 7) is 4.56. The summed E-state index contributed by atoms with van der Waals surface area (Å²) in [6.07, 6.45) is 3.86. The number of aliphatic carboxylic acids is 1. The van der Waals surface area contributed by atoms with Crippen molar-refractivity contribution in [3.63, 3.8) is 0 Å². The molecule has 0 spiro atoms. The molecule has 1 saturated heterocycles. The minimum atomic E-state index is -0.848. The van der Waals surface area contributed by atoms with Gasteiger partial charge in [0.1, 0.15) is 4.88 Å². The number of thiazole rings is 1. The van der Waals surface area contributed by atoms with E-state index in [1.165, 1.54) is 11.3 Å². The number of carboxylic acid groups (broad SMARTS) is 1. The molecule has 24 heavy (non-hydrogen) atoms. The van der Waals surface area contributed by atoms with Crippen molar-refractivity contribution in [2.45, 2.75) is 20.3 Å². The molecule has 1 fully saturated rings. The molecule has 0 aromatic carbocycles. The fraction of sp³-hybridized carbons (Fsp3) is 0.438. The van der Waals surface area contributed by atoms with Crippen LogP contribution in [0.15, 0.2) is 18.5 Å². The van der Waals surface area contributed by atoms with Crippen LogP contribution in [0, 0.1) is 18.8 Å². The fourth-order valence-electron chi connectivity index (χ4n) is 2.94. The van der Waals surface area contributed by atoms with Crippen LogP contribution in [0.5, 0.6) is 0 Å². The first-order chi connectivity index (χ1) is 11.5. The highest BCUT2D eigenvalue weighted by molar-refractivity contribution is 7.17. The van der Waals surface area contributed by atoms with Gasteiger partial charge in [0.05, 0.1) is 11.6 Å². The monoisotopic (exact) mass is 346 g/mol. The molecule has 1 aliphatic rings. The molecule has 8 heteroatoms. The zero-order valence-electron chi connectivity index (χ0n) is 13.5. The number of nitrogens with zero attached hydrogens (tertiary/aromatic N) is 4. The first-order valence-corrected chi connectivity index (χ1v) is 8.54. The lowest BCUT2D eigenvalue weighted by Crippen LogP contribution is -2.45. The van der Waals surface area contributed by atoms with E-state index < -0.39 is 11.9 Å². The average Bonchev–Trinajstić information content (AvgIpc) is 2.96. The van der Waals surface area contributed by atoms with Gasteiger partial charge in [0.25, 0.3) is 5.91 Å². The molecule has 0 saturated carbocycles. The average molecular weight is 346 g/mol. The van der Waals surface area contributed by atoms with E-state index in [2.05, 4.69) is 15.0 Å². The molecule has 2 aromatic rings. The molecule has 0 bridgehead atoms. The maximum Gasteiger partial charge on any atom is 0.308 e. The van der Waals surface area contributed by atoms with Crippen molar-refractivity contribution in [2.24, 2.45) is 11.8 Å². The van der Waals surface area contributed by atoms with Gasteiger partial charge >= 0.3 is 5.97 Å². The number of piperidine rings is 1. The highest BCUT2D eigenvalue weighted by Gasteiger charge is 2.33. The van der Waals surface area contributed by atoms with Gasteiger partial charge in [-0.3, -0.25) is 9.59 Å². The molecular weight excluding hydrogens is 328 g/mol. The van der Waals surface area contributed by atoms with E-state index in [-0.39, 0.29) is 18.4 Å². The summed E-state index contributed by atoms with van der Waals surface area (Å²) in [5.74, 6) is -0.874. The third-order valence-corrected chi connectivity index (χ3v) is 5.19. The molecule has 1 amide bonds. The molecule has 7 nitrogen and oxygen atoms in total. The van der Waals surface area contributed by atoms with Crippen LogP contribution in [0.25, 0.3) is 10.8 Å². The zero-order valence-corrected chi connectivity index (χ0v) is 14.3. The predicted octanol–water partition coefficient (Wildman–Crippen LogP) is 2.09. The summed E-state index contributed by atoms with van der Waals surface area (Å²) in [5.41, 5.74) is 0.623. The van der Waals surface area contributed by atoms with Gasteiger partial charge in [-0.25, -0.2) is 15.0 Å². The molecule has 1 aliphatic heterocycles. The minimum absolute atomic E-state index is 0.161. The topological polar surface area (TPSA) is 96.3 Å². The van der Waals surface area contributed by atoms with E-state index in [0.717, 1.165) is 0 Å². The van der Waals surface area contributed by atoms with Gasteiger partial charge in [-0.05, 0) is 25.3 Å². The second-order valence-corrected chi connectivity index (χ2v) is 7.09. The Bertz CT molecular complexity index is 762. The number of aromatic nitrogens is 3. The normalized spacial score (nSPS) is 20.8. The van der Waals surface area contributed by atoms with Crippen molar-refractivity contribution in [1.29, 1.82) is 0 Å². The molecule has 2 aromatic heterocycles. The first kappa shape index (κ1) is 16.5. The Morgan fingerprint density at radius 2 is 2.00 bits per heavy atom. The van der Waals surface area contributed by atoms with E-state index in [0.29, 0.717) is 34.4 Å². The Morgan fingerprint density at radius 1 is 1.29 bits per heavy atom. The summed E-state index contributed by atoms with van der Waals surface area (Å²) < 4.78 is 0. The van der Waals surface area contributed by atoms with Crippen molar-refractivity contribution in [3.8, 4) is 10.8 Å². The van der Waals surface area contributed by atoms with Crippen molar-refractivity contribution in [2.75, 3.05) is 13.1 Å². The fourth-order valence-corrected chi connectivity index (χ4v) is 3.92. The number of amides is 1. The molecule has 3 rings (SSSR count). The van der Waals surface area contributed by atoms with Crippen LogP contribution in [0.4, 0.5) is 0 Å². The lowest BCUT2D eigenvalue weighted by molar-refractivity contribution is -0.143. The van der Waals surface area contributed by atoms with E-state index >= 15 is 0 Å². The number of carboxylic acids is 1. The van der Waals surface area contributed by atoms with Gasteiger partial charge in [-0.15, -0.1) is 11.3 Å². The van der Waals surface area contributed by atoms with E-state index in [9.17, 15) is 14.7 Å². The number of hydrogen-bond donors (Lipinski definition) is 1. The number of hydrogen-bond acceptors (Lipinski definition) is 6. The van der Waals surface area contributed by atoms with Crippen LogP contribution in [-0.2, 0) is 4.79 Å². The van der Waals surface area contributed by atoms with Crippen LogP contribution in [0.3, 0.4) is 0 Å². The van der Waals surface area contributed by atoms with E-state index in [1.54, 1.807) is 30.3 Å². The number of carbonyl (C=O) groups excluding carboxylic acids is 1. The second-order valence-electron chi connectivity index (χ2n) is 6.09. The maximum atomic E-state index is 12.8. The smallest absolute Gasteiger partial charge is 0.308 e. The highest BCUT2D eigenvalue weighted by Crippen LogP contribution is 2.29. The van der Waals surface area contributed by atoms with Crippen LogP contribution in [0.1, 0.15) is 28.7 Å². The summed E-state index contributed by atoms with van der Waals surface area (Å²) in [5, 5.41) is 9.86. The Hall–Kier alpha value is -2.35. The van der Waals surface area contributed by atoms with Gasteiger partial charge < -0.3 is 10.0 Å². The maximum absolute atomic E-state index is 12.8. The molecule has 2 atom stereocenters. The zero-order chi connectivity index (χ0) is 17.3. The second kappa shape index (κ2) is 6.64. The van der Waals surface area contributed by atoms with Crippen molar-refractivity contribution in [3.05, 3.63) is 29.0 Å². The van der Waals surface area contributed by atoms with Crippen LogP contribution in [0.2, 0.25) is 0 Å². The lowest BCUT2D eigenvalue weighted by Gasteiger charge is -2.34. The van der Waals surface area contributed by atoms with Crippen molar-refractivity contribution in [1.82, 2.24) is 19.9 Å². The predicted molar refractivity (Wildman–Crippen MR) is 88.7 cm³/mol. The third-order valence-electron chi connectivity index (χ3n) is 4.04. The standard InChI is InChI=1S/C16H18N4O3S/c1-9-6-11(16(22)23)8-20(7-9)15(21)12-10(2)19-14(24-12)13-17-4-3-5-18-13/h3-5,9,11H,6-8H2,1-2H3,(H,22,23). The Morgan fingerprint density at radius 3 is 2.67 bits per heavy atom. The minimum Gasteiger partial charge on any atom is -0.481 e. The number of aryl methyl sites for hydroxylation is 1. The van der Waals surface area contributed by atoms with Crippen molar-refractivity contribution < 1.29 is 14.7 Å². The van der Waals surface area contributed by atoms with Crippen molar-refractivity contribution >= 4 is 23.2 Å². The summed E-state index contributed by atoms with van der Waals surface area (Å²) in [6, 6.07) is 1.72. The Labute approximate surface area is 143 Å². The lowest BCUT2D eigenvalue weighted by atomic mass is 9.90. The Balaban J connectivity index is 1.85. The van der Waals surface area contributed by atoms with Gasteiger partial charge in [0.2, 0.25) is 0 Å². The first-order valence-electron chi connectivity index (χ1n) is 7.72. The van der Waals surface area contributed by atoms with Gasteiger partial charge in [-0.1, -0.05) is 6.92 Å². The van der Waals surface area contributed by atoms with E-state index in [1.807, 2.05) is 6.92 Å². The summed E-state index contributed by atoms with van der Waals surface area (Å²) >= 11 is 1.25. The van der Waals surface area contributed by atoms with E-state index in [4.69, 9.17) is 0 Å². The van der Waals surface area contributed by atoms with Crippen LogP contribution < -0.4 is 0 Å². The number of rotatable bonds is 3. The SMILES string of the molecule is Cc1nc(-c2ncccn2)sc1C(=O)N1CC(C)CC(C(=O)O)C1. The summed E-state index contributed by atoms with van der Waals surface area (Å²) in [7, 11) is 0. The van der Waals surface area contributed by atoms with Crippen LogP contribution in [-0.4, -0.2) is 49.9 Å². The molecule has 0 aliphatic carbocycles. The number of carbonyl (C=O) groups is 2. The summed E-state index contributed by atoms with van der Waals surface area (Å²) in [4.78, 5) is 39.0. The largest absolute Gasteiger partial charge is 0.481 e. The highest BCUT2D eigenvalue weighted by atomic mass is 32.1. The molecule has 3 heterocycles. The number of likely N-dealkylation sites (tertiary alicyclic amines) is 1. The Kier molecular flexibility index (Phi) is 4.57. The molecule has 1 N–H and O–H groups in total. The van der Waals surface area contributed by atoms with Gasteiger partial charge in [0.15, 0.2) is 10.8 Å². The molecule has 0 radical (unpaired) electrons. The third kappa shape index (κ3) is 3.28. The quantitative estimate of drug-likeness (QED) is 0.914. The van der Waals surface area contributed by atoms with Gasteiger partial charge in [0, 0.05) is 25.5 Å². The molecular formula is C16H18N4O3S. The van der Waals surface area contributed by atoms with Crippen LogP contribution >= 0.6 is 11.3 Å². The van der Waals surface area contributed by atoms with Gasteiger partial charge in [-0.2, -0.15) is 0 Å².